The second-order valence-electron chi connectivity index (χ2n) is 3.99. The van der Waals surface area contributed by atoms with Crippen molar-refractivity contribution in [1.82, 2.24) is 14.8 Å². The summed E-state index contributed by atoms with van der Waals surface area (Å²) >= 11 is 0. The van der Waals surface area contributed by atoms with E-state index in [-0.39, 0.29) is 5.84 Å². The Labute approximate surface area is 99.8 Å². The Hall–Kier alpha value is -2.17. The van der Waals surface area contributed by atoms with Gasteiger partial charge in [-0.1, -0.05) is 0 Å². The van der Waals surface area contributed by atoms with E-state index in [1.165, 1.54) is 0 Å². The van der Waals surface area contributed by atoms with Crippen LogP contribution in [0.4, 0.5) is 0 Å². The van der Waals surface area contributed by atoms with Crippen LogP contribution in [0.25, 0.3) is 5.69 Å². The van der Waals surface area contributed by atoms with Crippen molar-refractivity contribution in [2.45, 2.75) is 20.8 Å². The summed E-state index contributed by atoms with van der Waals surface area (Å²) < 4.78 is 1.79. The van der Waals surface area contributed by atoms with E-state index in [0.29, 0.717) is 5.69 Å². The number of nitrogen functional groups attached to an aromatic ring is 1. The number of amidine groups is 1. The molecule has 88 valence electrons. The molecule has 2 rings (SSSR count). The molecule has 0 saturated carbocycles. The van der Waals surface area contributed by atoms with E-state index >= 15 is 0 Å². The van der Waals surface area contributed by atoms with Gasteiger partial charge >= 0.3 is 0 Å². The van der Waals surface area contributed by atoms with Gasteiger partial charge in [-0.25, -0.2) is 4.68 Å². The third-order valence-corrected chi connectivity index (χ3v) is 2.92. The molecule has 0 aromatic carbocycles. The number of pyridine rings is 1. The highest BCUT2D eigenvalue weighted by atomic mass is 15.3. The fourth-order valence-electron chi connectivity index (χ4n) is 1.73. The van der Waals surface area contributed by atoms with Crippen molar-refractivity contribution in [2.24, 2.45) is 5.73 Å². The van der Waals surface area contributed by atoms with Gasteiger partial charge in [-0.05, 0) is 38.5 Å². The normalized spacial score (nSPS) is 10.5. The molecule has 0 radical (unpaired) electrons. The van der Waals surface area contributed by atoms with Gasteiger partial charge in [0.05, 0.1) is 11.4 Å². The molecule has 0 atom stereocenters. The maximum atomic E-state index is 7.53. The average Bonchev–Trinajstić information content (AvgIpc) is 2.57. The number of nitrogens with one attached hydrogen (secondary N) is 1. The van der Waals surface area contributed by atoms with E-state index < -0.39 is 0 Å². The summed E-state index contributed by atoms with van der Waals surface area (Å²) in [5, 5.41) is 12.0. The van der Waals surface area contributed by atoms with Crippen LogP contribution in [0.5, 0.6) is 0 Å². The van der Waals surface area contributed by atoms with E-state index in [9.17, 15) is 0 Å². The SMILES string of the molecule is Cc1nn(-c2cccnc2C(=N)N)c(C)c1C. The van der Waals surface area contributed by atoms with Crippen molar-refractivity contribution in [1.29, 1.82) is 5.41 Å². The third kappa shape index (κ3) is 1.80. The standard InChI is InChI=1S/C12H15N5/c1-7-8(2)16-17(9(7)3)10-5-4-6-15-11(10)12(13)14/h4-6H,1-3H3,(H3,13,14). The van der Waals surface area contributed by atoms with Crippen LogP contribution in [0, 0.1) is 26.2 Å². The summed E-state index contributed by atoms with van der Waals surface area (Å²) in [7, 11) is 0. The zero-order chi connectivity index (χ0) is 12.6. The first-order valence-corrected chi connectivity index (χ1v) is 5.35. The molecule has 5 nitrogen and oxygen atoms in total. The summed E-state index contributed by atoms with van der Waals surface area (Å²) in [5.74, 6) is -0.0502. The highest BCUT2D eigenvalue weighted by Gasteiger charge is 2.13. The largest absolute Gasteiger partial charge is 0.382 e. The Morgan fingerprint density at radius 3 is 2.59 bits per heavy atom. The van der Waals surface area contributed by atoms with Crippen molar-refractivity contribution in [3.05, 3.63) is 41.0 Å². The first-order valence-electron chi connectivity index (χ1n) is 5.35. The minimum Gasteiger partial charge on any atom is -0.382 e. The van der Waals surface area contributed by atoms with Gasteiger partial charge in [-0.2, -0.15) is 5.10 Å². The Bertz CT molecular complexity index is 583. The van der Waals surface area contributed by atoms with Crippen molar-refractivity contribution >= 4 is 5.84 Å². The monoisotopic (exact) mass is 229 g/mol. The van der Waals surface area contributed by atoms with Gasteiger partial charge in [-0.15, -0.1) is 0 Å². The van der Waals surface area contributed by atoms with Crippen molar-refractivity contribution < 1.29 is 0 Å². The van der Waals surface area contributed by atoms with Crippen LogP contribution in [-0.2, 0) is 0 Å². The molecule has 0 aliphatic heterocycles. The van der Waals surface area contributed by atoms with E-state index in [4.69, 9.17) is 11.1 Å². The van der Waals surface area contributed by atoms with E-state index in [1.807, 2.05) is 32.9 Å². The fraction of sp³-hybridized carbons (Fsp3) is 0.250. The lowest BCUT2D eigenvalue weighted by atomic mass is 10.2. The topological polar surface area (TPSA) is 80.6 Å². The Morgan fingerprint density at radius 1 is 1.35 bits per heavy atom. The molecule has 17 heavy (non-hydrogen) atoms. The lowest BCUT2D eigenvalue weighted by Crippen LogP contribution is -2.17. The van der Waals surface area contributed by atoms with E-state index in [1.54, 1.807) is 10.9 Å². The minimum absolute atomic E-state index is 0.0502. The summed E-state index contributed by atoms with van der Waals surface area (Å²) in [5.41, 5.74) is 9.88. The van der Waals surface area contributed by atoms with Crippen LogP contribution < -0.4 is 5.73 Å². The van der Waals surface area contributed by atoms with Gasteiger partial charge in [0.1, 0.15) is 11.5 Å². The summed E-state index contributed by atoms with van der Waals surface area (Å²) in [6.45, 7) is 5.98. The molecule has 2 aromatic heterocycles. The number of hydrogen-bond donors (Lipinski definition) is 2. The van der Waals surface area contributed by atoms with Gasteiger partial charge in [0.25, 0.3) is 0 Å². The van der Waals surface area contributed by atoms with Crippen LogP contribution in [-0.4, -0.2) is 20.6 Å². The minimum atomic E-state index is -0.0502. The molecule has 0 amide bonds. The molecule has 0 fully saturated rings. The average molecular weight is 229 g/mol. The Kier molecular flexibility index (Phi) is 2.67. The van der Waals surface area contributed by atoms with Crippen molar-refractivity contribution in [3.63, 3.8) is 0 Å². The van der Waals surface area contributed by atoms with Crippen LogP contribution in [0.3, 0.4) is 0 Å². The molecule has 3 N–H and O–H groups in total. The molecule has 0 aliphatic carbocycles. The number of nitrogens with two attached hydrogens (primary N) is 1. The number of aromatic nitrogens is 3. The van der Waals surface area contributed by atoms with E-state index in [0.717, 1.165) is 22.6 Å². The highest BCUT2D eigenvalue weighted by molar-refractivity contribution is 5.96. The maximum absolute atomic E-state index is 7.53. The molecule has 0 spiro atoms. The smallest absolute Gasteiger partial charge is 0.144 e. The zero-order valence-electron chi connectivity index (χ0n) is 10.2. The van der Waals surface area contributed by atoms with Crippen LogP contribution >= 0.6 is 0 Å². The van der Waals surface area contributed by atoms with Gasteiger partial charge in [0.15, 0.2) is 0 Å². The zero-order valence-corrected chi connectivity index (χ0v) is 10.2. The van der Waals surface area contributed by atoms with Crippen molar-refractivity contribution in [3.8, 4) is 5.69 Å². The van der Waals surface area contributed by atoms with Gasteiger partial charge in [0, 0.05) is 11.9 Å². The number of nitrogens with zero attached hydrogens (tertiary/aromatic N) is 3. The lowest BCUT2D eigenvalue weighted by Gasteiger charge is -2.08. The predicted molar refractivity (Wildman–Crippen MR) is 66.6 cm³/mol. The lowest BCUT2D eigenvalue weighted by molar-refractivity contribution is 0.825. The second-order valence-corrected chi connectivity index (χ2v) is 3.99. The van der Waals surface area contributed by atoms with Gasteiger partial charge in [-0.3, -0.25) is 10.4 Å². The van der Waals surface area contributed by atoms with Crippen LogP contribution in [0.2, 0.25) is 0 Å². The van der Waals surface area contributed by atoms with Crippen LogP contribution in [0.15, 0.2) is 18.3 Å². The Balaban J connectivity index is 2.68. The summed E-state index contributed by atoms with van der Waals surface area (Å²) in [6, 6.07) is 3.68. The molecule has 2 aromatic rings. The number of hydrogen-bond acceptors (Lipinski definition) is 3. The van der Waals surface area contributed by atoms with Crippen LogP contribution in [0.1, 0.15) is 22.6 Å². The summed E-state index contributed by atoms with van der Waals surface area (Å²) in [6.07, 6.45) is 1.62. The molecular formula is C12H15N5. The quantitative estimate of drug-likeness (QED) is 0.604. The van der Waals surface area contributed by atoms with E-state index in [2.05, 4.69) is 10.1 Å². The number of rotatable bonds is 2. The number of aryl methyl sites for hydroxylation is 1. The highest BCUT2D eigenvalue weighted by Crippen LogP contribution is 2.18. The molecular weight excluding hydrogens is 214 g/mol. The van der Waals surface area contributed by atoms with Crippen molar-refractivity contribution in [2.75, 3.05) is 0 Å². The van der Waals surface area contributed by atoms with Gasteiger partial charge < -0.3 is 5.73 Å². The first kappa shape index (κ1) is 11.3. The maximum Gasteiger partial charge on any atom is 0.144 e. The molecule has 0 bridgehead atoms. The molecule has 0 aliphatic rings. The second kappa shape index (κ2) is 4.01. The molecule has 2 heterocycles. The van der Waals surface area contributed by atoms with Gasteiger partial charge in [0.2, 0.25) is 0 Å². The molecule has 5 heteroatoms. The predicted octanol–water partition coefficient (Wildman–Crippen LogP) is 1.48. The molecule has 0 unspecified atom stereocenters. The summed E-state index contributed by atoms with van der Waals surface area (Å²) in [4.78, 5) is 4.12. The third-order valence-electron chi connectivity index (χ3n) is 2.92. The fourth-order valence-corrected chi connectivity index (χ4v) is 1.73. The molecule has 0 saturated heterocycles. The first-order chi connectivity index (χ1) is 8.02. The Morgan fingerprint density at radius 2 is 2.06 bits per heavy atom.